The first-order chi connectivity index (χ1) is 7.27. The van der Waals surface area contributed by atoms with Crippen molar-refractivity contribution in [2.75, 3.05) is 19.7 Å². The number of ether oxygens (including phenoxy) is 1. The van der Waals surface area contributed by atoms with Crippen molar-refractivity contribution >= 4 is 21.8 Å². The van der Waals surface area contributed by atoms with E-state index in [0.717, 1.165) is 51.8 Å². The number of amides is 1. The molecule has 2 fully saturated rings. The summed E-state index contributed by atoms with van der Waals surface area (Å²) in [6, 6.07) is 0. The lowest BCUT2D eigenvalue weighted by Gasteiger charge is -2.33. The zero-order valence-corrected chi connectivity index (χ0v) is 10.5. The van der Waals surface area contributed by atoms with Gasteiger partial charge in [-0.25, -0.2) is 0 Å². The van der Waals surface area contributed by atoms with Crippen LogP contribution in [0.5, 0.6) is 0 Å². The molecular formula is C11H18BrNO2. The highest BCUT2D eigenvalue weighted by Crippen LogP contribution is 2.21. The van der Waals surface area contributed by atoms with Crippen LogP contribution in [0.3, 0.4) is 0 Å². The molecule has 2 aliphatic rings. The summed E-state index contributed by atoms with van der Waals surface area (Å²) in [7, 11) is 0. The molecular weight excluding hydrogens is 258 g/mol. The molecule has 3 nitrogen and oxygen atoms in total. The maximum absolute atomic E-state index is 12.0. The summed E-state index contributed by atoms with van der Waals surface area (Å²) >= 11 is 3.59. The lowest BCUT2D eigenvalue weighted by molar-refractivity contribution is -0.147. The second-order valence-corrected chi connectivity index (χ2v) is 5.65. The van der Waals surface area contributed by atoms with Gasteiger partial charge in [-0.15, -0.1) is 0 Å². The van der Waals surface area contributed by atoms with Crippen molar-refractivity contribution in [1.29, 1.82) is 0 Å². The number of carbonyl (C=O) groups excluding carboxylic acids is 1. The third kappa shape index (κ3) is 2.94. The Morgan fingerprint density at radius 2 is 1.93 bits per heavy atom. The van der Waals surface area contributed by atoms with Gasteiger partial charge in [-0.3, -0.25) is 4.79 Å². The third-order valence-corrected chi connectivity index (χ3v) is 4.11. The number of alkyl halides is 1. The molecule has 2 rings (SSSR count). The minimum absolute atomic E-state index is 0.148. The molecule has 1 atom stereocenters. The van der Waals surface area contributed by atoms with Gasteiger partial charge in [0.25, 0.3) is 5.91 Å². The number of hydrogen-bond acceptors (Lipinski definition) is 2. The van der Waals surface area contributed by atoms with Gasteiger partial charge >= 0.3 is 0 Å². The Labute approximate surface area is 99.3 Å². The van der Waals surface area contributed by atoms with Gasteiger partial charge in [0, 0.05) is 24.5 Å². The fraction of sp³-hybridized carbons (Fsp3) is 0.909. The van der Waals surface area contributed by atoms with Crippen molar-refractivity contribution in [3.8, 4) is 0 Å². The number of carbonyl (C=O) groups is 1. The van der Waals surface area contributed by atoms with E-state index in [9.17, 15) is 4.79 Å². The van der Waals surface area contributed by atoms with Crippen LogP contribution in [0.15, 0.2) is 0 Å². The monoisotopic (exact) mass is 275 g/mol. The first-order valence-electron chi connectivity index (χ1n) is 5.82. The van der Waals surface area contributed by atoms with Crippen LogP contribution in [0, 0.1) is 0 Å². The van der Waals surface area contributed by atoms with Crippen molar-refractivity contribution in [2.45, 2.75) is 43.0 Å². The van der Waals surface area contributed by atoms with Crippen LogP contribution >= 0.6 is 15.9 Å². The largest absolute Gasteiger partial charge is 0.368 e. The molecule has 0 N–H and O–H groups in total. The highest BCUT2D eigenvalue weighted by molar-refractivity contribution is 9.09. The summed E-state index contributed by atoms with van der Waals surface area (Å²) in [6.07, 6.45) is 5.13. The van der Waals surface area contributed by atoms with E-state index in [0.29, 0.717) is 4.83 Å². The highest BCUT2D eigenvalue weighted by Gasteiger charge is 2.29. The molecule has 4 heteroatoms. The van der Waals surface area contributed by atoms with E-state index in [1.54, 1.807) is 0 Å². The normalized spacial score (nSPS) is 29.1. The van der Waals surface area contributed by atoms with Gasteiger partial charge in [0.05, 0.1) is 0 Å². The van der Waals surface area contributed by atoms with Gasteiger partial charge in [-0.1, -0.05) is 15.9 Å². The fourth-order valence-electron chi connectivity index (χ4n) is 2.21. The van der Waals surface area contributed by atoms with E-state index in [-0.39, 0.29) is 12.0 Å². The maximum Gasteiger partial charge on any atom is 0.251 e. The summed E-state index contributed by atoms with van der Waals surface area (Å²) in [5.74, 6) is 0.217. The average Bonchev–Trinajstić information content (AvgIpc) is 2.30. The molecule has 0 spiro atoms. The molecule has 15 heavy (non-hydrogen) atoms. The van der Waals surface area contributed by atoms with Crippen molar-refractivity contribution in [1.82, 2.24) is 4.90 Å². The van der Waals surface area contributed by atoms with Gasteiger partial charge in [0.1, 0.15) is 6.10 Å². The molecule has 0 aromatic rings. The van der Waals surface area contributed by atoms with E-state index in [1.165, 1.54) is 0 Å². The van der Waals surface area contributed by atoms with Crippen molar-refractivity contribution in [2.24, 2.45) is 0 Å². The fourth-order valence-corrected chi connectivity index (χ4v) is 2.62. The zero-order valence-electron chi connectivity index (χ0n) is 8.95. The number of piperidine rings is 1. The molecule has 0 bridgehead atoms. The van der Waals surface area contributed by atoms with Gasteiger partial charge in [-0.05, 0) is 32.1 Å². The van der Waals surface area contributed by atoms with Crippen molar-refractivity contribution < 1.29 is 9.53 Å². The van der Waals surface area contributed by atoms with E-state index >= 15 is 0 Å². The number of hydrogen-bond donors (Lipinski definition) is 0. The lowest BCUT2D eigenvalue weighted by atomic mass is 10.1. The SMILES string of the molecule is O=C(C1CCCCO1)N1CCC(Br)CC1. The molecule has 0 saturated carbocycles. The Bertz CT molecular complexity index is 221. The average molecular weight is 276 g/mol. The predicted molar refractivity (Wildman–Crippen MR) is 62.1 cm³/mol. The predicted octanol–water partition coefficient (Wildman–Crippen LogP) is 1.94. The Kier molecular flexibility index (Phi) is 4.03. The lowest BCUT2D eigenvalue weighted by Crippen LogP contribution is -2.45. The molecule has 1 unspecified atom stereocenters. The molecule has 1 amide bonds. The maximum atomic E-state index is 12.0. The topological polar surface area (TPSA) is 29.5 Å². The third-order valence-electron chi connectivity index (χ3n) is 3.19. The second kappa shape index (κ2) is 5.30. The van der Waals surface area contributed by atoms with Crippen molar-refractivity contribution in [3.63, 3.8) is 0 Å². The van der Waals surface area contributed by atoms with E-state index in [1.807, 2.05) is 4.90 Å². The molecule has 0 radical (unpaired) electrons. The van der Waals surface area contributed by atoms with E-state index < -0.39 is 0 Å². The van der Waals surface area contributed by atoms with Gasteiger partial charge in [0.15, 0.2) is 0 Å². The molecule has 2 heterocycles. The number of nitrogens with zero attached hydrogens (tertiary/aromatic N) is 1. The Morgan fingerprint density at radius 3 is 2.53 bits per heavy atom. The van der Waals surface area contributed by atoms with Gasteiger partial charge < -0.3 is 9.64 Å². The molecule has 2 aliphatic heterocycles. The van der Waals surface area contributed by atoms with E-state index in [2.05, 4.69) is 15.9 Å². The Hall–Kier alpha value is -0.0900. The van der Waals surface area contributed by atoms with Gasteiger partial charge in [-0.2, -0.15) is 0 Å². The standard InChI is InChI=1S/C11H18BrNO2/c12-9-4-6-13(7-5-9)11(14)10-3-1-2-8-15-10/h9-10H,1-8H2. The summed E-state index contributed by atoms with van der Waals surface area (Å²) in [4.78, 5) is 14.6. The molecule has 2 saturated heterocycles. The minimum Gasteiger partial charge on any atom is -0.368 e. The van der Waals surface area contributed by atoms with Crippen LogP contribution in [0.25, 0.3) is 0 Å². The number of likely N-dealkylation sites (tertiary alicyclic amines) is 1. The van der Waals surface area contributed by atoms with Crippen LogP contribution in [0.1, 0.15) is 32.1 Å². The smallest absolute Gasteiger partial charge is 0.251 e. The summed E-state index contributed by atoms with van der Waals surface area (Å²) in [5, 5.41) is 0. The Morgan fingerprint density at radius 1 is 1.20 bits per heavy atom. The highest BCUT2D eigenvalue weighted by atomic mass is 79.9. The van der Waals surface area contributed by atoms with Crippen molar-refractivity contribution in [3.05, 3.63) is 0 Å². The second-order valence-electron chi connectivity index (χ2n) is 4.36. The minimum atomic E-state index is -0.148. The quantitative estimate of drug-likeness (QED) is 0.685. The van der Waals surface area contributed by atoms with Crippen LogP contribution in [-0.4, -0.2) is 41.4 Å². The summed E-state index contributed by atoms with van der Waals surface area (Å²) < 4.78 is 5.52. The van der Waals surface area contributed by atoms with Crippen LogP contribution < -0.4 is 0 Å². The van der Waals surface area contributed by atoms with Crippen LogP contribution in [-0.2, 0) is 9.53 Å². The molecule has 0 aromatic heterocycles. The zero-order chi connectivity index (χ0) is 10.7. The first-order valence-corrected chi connectivity index (χ1v) is 6.73. The van der Waals surface area contributed by atoms with Crippen LogP contribution in [0.4, 0.5) is 0 Å². The molecule has 86 valence electrons. The van der Waals surface area contributed by atoms with Crippen LogP contribution in [0.2, 0.25) is 0 Å². The molecule has 0 aliphatic carbocycles. The number of rotatable bonds is 1. The summed E-state index contributed by atoms with van der Waals surface area (Å²) in [5.41, 5.74) is 0. The summed E-state index contributed by atoms with van der Waals surface area (Å²) in [6.45, 7) is 2.52. The first kappa shape index (κ1) is 11.4. The van der Waals surface area contributed by atoms with Gasteiger partial charge in [0.2, 0.25) is 0 Å². The molecule has 0 aromatic carbocycles. The Balaban J connectivity index is 1.84. The van der Waals surface area contributed by atoms with E-state index in [4.69, 9.17) is 4.74 Å². The number of halogens is 1.